The fourth-order valence-corrected chi connectivity index (χ4v) is 1.91. The number of carbonyl (C=O) groups is 2. The number of carbonyl (C=O) groups excluding carboxylic acids is 1. The molecule has 114 valence electrons. The first-order valence-electron chi connectivity index (χ1n) is 6.18. The summed E-state index contributed by atoms with van der Waals surface area (Å²) in [5.41, 5.74) is -0.192. The van der Waals surface area contributed by atoms with Gasteiger partial charge in [-0.2, -0.15) is 0 Å². The topological polar surface area (TPSA) is 72.8 Å². The van der Waals surface area contributed by atoms with Gasteiger partial charge in [0.25, 0.3) is 0 Å². The van der Waals surface area contributed by atoms with Crippen molar-refractivity contribution in [2.45, 2.75) is 13.8 Å². The molecular formula is C15H17BrO5. The molecule has 0 unspecified atom stereocenters. The summed E-state index contributed by atoms with van der Waals surface area (Å²) < 4.78 is 11.2. The maximum atomic E-state index is 11.6. The van der Waals surface area contributed by atoms with Crippen molar-refractivity contribution in [2.24, 2.45) is 5.41 Å². The molecule has 0 bridgehead atoms. The minimum absolute atomic E-state index is 0.120. The number of carboxylic acid groups (broad SMARTS) is 1. The largest absolute Gasteiger partial charge is 0.492 e. The van der Waals surface area contributed by atoms with Crippen LogP contribution in [0.3, 0.4) is 0 Å². The summed E-state index contributed by atoms with van der Waals surface area (Å²) in [6.07, 6.45) is 2.47. The van der Waals surface area contributed by atoms with Crippen molar-refractivity contribution in [2.75, 3.05) is 13.7 Å². The number of benzene rings is 1. The third-order valence-corrected chi connectivity index (χ3v) is 3.20. The fraction of sp³-hybridized carbons (Fsp3) is 0.333. The Kier molecular flexibility index (Phi) is 5.96. The van der Waals surface area contributed by atoms with Crippen LogP contribution in [0.1, 0.15) is 19.4 Å². The van der Waals surface area contributed by atoms with Gasteiger partial charge in [0.05, 0.1) is 12.5 Å². The summed E-state index contributed by atoms with van der Waals surface area (Å²) in [5.74, 6) is -0.925. The maximum absolute atomic E-state index is 11.6. The highest BCUT2D eigenvalue weighted by Crippen LogP contribution is 2.27. The Hall–Kier alpha value is -1.82. The molecule has 0 aromatic heterocycles. The second kappa shape index (κ2) is 7.26. The van der Waals surface area contributed by atoms with Crippen LogP contribution < -0.4 is 4.74 Å². The Morgan fingerprint density at radius 1 is 1.38 bits per heavy atom. The van der Waals surface area contributed by atoms with E-state index in [-0.39, 0.29) is 12.6 Å². The molecular weight excluding hydrogens is 340 g/mol. The lowest BCUT2D eigenvalue weighted by Crippen LogP contribution is -2.32. The molecule has 0 aliphatic rings. The van der Waals surface area contributed by atoms with Gasteiger partial charge in [-0.3, -0.25) is 4.79 Å². The number of aliphatic carboxylic acids is 1. The van der Waals surface area contributed by atoms with Crippen molar-refractivity contribution >= 4 is 33.9 Å². The number of esters is 1. The van der Waals surface area contributed by atoms with Gasteiger partial charge < -0.3 is 14.6 Å². The van der Waals surface area contributed by atoms with Gasteiger partial charge >= 0.3 is 11.9 Å². The predicted molar refractivity (Wildman–Crippen MR) is 82.1 cm³/mol. The molecule has 0 atom stereocenters. The zero-order valence-corrected chi connectivity index (χ0v) is 13.6. The van der Waals surface area contributed by atoms with E-state index in [1.54, 1.807) is 32.0 Å². The zero-order chi connectivity index (χ0) is 16.0. The smallest absolute Gasteiger partial charge is 0.328 e. The Balaban J connectivity index is 2.93. The first-order valence-corrected chi connectivity index (χ1v) is 6.97. The van der Waals surface area contributed by atoms with Gasteiger partial charge in [-0.15, -0.1) is 0 Å². The first-order chi connectivity index (χ1) is 9.76. The SMILES string of the molecule is COC(=O)C(C)(C)COc1ccc(Br)cc1C=CC(=O)O. The van der Waals surface area contributed by atoms with E-state index in [1.807, 2.05) is 0 Å². The van der Waals surface area contributed by atoms with Crippen molar-refractivity contribution in [3.63, 3.8) is 0 Å². The van der Waals surface area contributed by atoms with E-state index < -0.39 is 11.4 Å². The molecule has 0 heterocycles. The van der Waals surface area contributed by atoms with Gasteiger partial charge in [0.1, 0.15) is 12.4 Å². The van der Waals surface area contributed by atoms with E-state index >= 15 is 0 Å². The molecule has 1 N–H and O–H groups in total. The van der Waals surface area contributed by atoms with Crippen LogP contribution in [-0.2, 0) is 14.3 Å². The summed E-state index contributed by atoms with van der Waals surface area (Å²) in [5, 5.41) is 8.70. The molecule has 1 aromatic carbocycles. The molecule has 21 heavy (non-hydrogen) atoms. The predicted octanol–water partition coefficient (Wildman–Crippen LogP) is 3.12. The van der Waals surface area contributed by atoms with Crippen LogP contribution in [-0.4, -0.2) is 30.8 Å². The van der Waals surface area contributed by atoms with E-state index in [1.165, 1.54) is 13.2 Å². The molecule has 0 saturated carbocycles. The Bertz CT molecular complexity index is 563. The number of halogens is 1. The number of hydrogen-bond donors (Lipinski definition) is 1. The van der Waals surface area contributed by atoms with Gasteiger partial charge in [0.2, 0.25) is 0 Å². The fourth-order valence-electron chi connectivity index (χ4n) is 1.54. The van der Waals surface area contributed by atoms with Crippen LogP contribution in [0, 0.1) is 5.41 Å². The standard InChI is InChI=1S/C15H17BrO5/c1-15(2,14(19)20-3)9-21-12-6-5-11(16)8-10(12)4-7-13(17)18/h4-8H,9H2,1-3H3,(H,17,18). The second-order valence-corrected chi connectivity index (χ2v) is 5.93. The maximum Gasteiger partial charge on any atom is 0.328 e. The van der Waals surface area contributed by atoms with Crippen LogP contribution >= 0.6 is 15.9 Å². The van der Waals surface area contributed by atoms with Crippen LogP contribution in [0.25, 0.3) is 6.08 Å². The number of carboxylic acids is 1. The minimum Gasteiger partial charge on any atom is -0.492 e. The molecule has 0 fully saturated rings. The highest BCUT2D eigenvalue weighted by atomic mass is 79.9. The molecule has 0 spiro atoms. The van der Waals surface area contributed by atoms with Gasteiger partial charge in [0.15, 0.2) is 0 Å². The average Bonchev–Trinajstić information content (AvgIpc) is 2.42. The zero-order valence-electron chi connectivity index (χ0n) is 12.1. The molecule has 0 saturated heterocycles. The van der Waals surface area contributed by atoms with E-state index in [9.17, 15) is 9.59 Å². The van der Waals surface area contributed by atoms with Crippen molar-refractivity contribution in [3.8, 4) is 5.75 Å². The monoisotopic (exact) mass is 356 g/mol. The number of ether oxygens (including phenoxy) is 2. The van der Waals surface area contributed by atoms with Crippen LogP contribution in [0.2, 0.25) is 0 Å². The average molecular weight is 357 g/mol. The van der Waals surface area contributed by atoms with Crippen LogP contribution in [0.5, 0.6) is 5.75 Å². The van der Waals surface area contributed by atoms with E-state index in [2.05, 4.69) is 15.9 Å². The second-order valence-electron chi connectivity index (χ2n) is 5.02. The summed E-state index contributed by atoms with van der Waals surface area (Å²) >= 11 is 3.32. The lowest BCUT2D eigenvalue weighted by atomic mass is 9.95. The van der Waals surface area contributed by atoms with Crippen molar-refractivity contribution in [1.29, 1.82) is 0 Å². The molecule has 6 heteroatoms. The van der Waals surface area contributed by atoms with Crippen LogP contribution in [0.15, 0.2) is 28.7 Å². The van der Waals surface area contributed by atoms with Gasteiger partial charge in [-0.05, 0) is 38.1 Å². The summed E-state index contributed by atoms with van der Waals surface area (Å²) in [6.45, 7) is 3.55. The highest BCUT2D eigenvalue weighted by Gasteiger charge is 2.29. The lowest BCUT2D eigenvalue weighted by Gasteiger charge is -2.22. The van der Waals surface area contributed by atoms with Gasteiger partial charge in [-0.25, -0.2) is 4.79 Å². The molecule has 0 aliphatic carbocycles. The van der Waals surface area contributed by atoms with E-state index in [0.29, 0.717) is 11.3 Å². The van der Waals surface area contributed by atoms with Crippen molar-refractivity contribution < 1.29 is 24.2 Å². The molecule has 1 aromatic rings. The quantitative estimate of drug-likeness (QED) is 0.626. The minimum atomic E-state index is -1.05. The molecule has 1 rings (SSSR count). The van der Waals surface area contributed by atoms with Crippen LogP contribution in [0.4, 0.5) is 0 Å². The Morgan fingerprint density at radius 2 is 2.05 bits per heavy atom. The van der Waals surface area contributed by atoms with Gasteiger partial charge in [0, 0.05) is 16.1 Å². The molecule has 5 nitrogen and oxygen atoms in total. The lowest BCUT2D eigenvalue weighted by molar-refractivity contribution is -0.152. The van der Waals surface area contributed by atoms with Crippen molar-refractivity contribution in [1.82, 2.24) is 0 Å². The Morgan fingerprint density at radius 3 is 2.62 bits per heavy atom. The molecule has 0 aliphatic heterocycles. The summed E-state index contributed by atoms with van der Waals surface area (Å²) in [6, 6.07) is 5.22. The van der Waals surface area contributed by atoms with Crippen molar-refractivity contribution in [3.05, 3.63) is 34.3 Å². The third-order valence-electron chi connectivity index (χ3n) is 2.70. The number of hydrogen-bond acceptors (Lipinski definition) is 4. The molecule has 0 amide bonds. The van der Waals surface area contributed by atoms with Gasteiger partial charge in [-0.1, -0.05) is 15.9 Å². The Labute approximate surface area is 131 Å². The third kappa shape index (κ3) is 5.23. The normalized spacial score (nSPS) is 11.4. The van der Waals surface area contributed by atoms with E-state index in [4.69, 9.17) is 14.6 Å². The number of rotatable bonds is 6. The first kappa shape index (κ1) is 17.2. The summed E-state index contributed by atoms with van der Waals surface area (Å²) in [7, 11) is 1.32. The van der Waals surface area contributed by atoms with E-state index in [0.717, 1.165) is 10.5 Å². The highest BCUT2D eigenvalue weighted by molar-refractivity contribution is 9.10. The number of methoxy groups -OCH3 is 1. The molecule has 0 radical (unpaired) electrons. The summed E-state index contributed by atoms with van der Waals surface area (Å²) in [4.78, 5) is 22.2.